The Morgan fingerprint density at radius 1 is 0.857 bits per heavy atom. The molecule has 2 atom stereocenters. The quantitative estimate of drug-likeness (QED) is 0.680. The summed E-state index contributed by atoms with van der Waals surface area (Å²) in [6.45, 7) is 0. The molecule has 7 nitrogen and oxygen atoms in total. The molecule has 0 amide bonds. The Hall–Kier alpha value is -3.23. The molecule has 28 heavy (non-hydrogen) atoms. The number of benzene rings is 2. The standard InChI is InChI=1S/C20H16N2O5S/c21-18-15(28(25,26)27)10-14(22-11-6-2-1-3-7-11)16-17(18)20(24)13-9-5-4-8-12(13)19(16)23/h1-10,16-17,22H,21H2,(H,25,26,27). The normalized spacial score (nSPS) is 21.7. The molecule has 4 rings (SSSR count). The number of allylic oxidation sites excluding steroid dienone is 3. The van der Waals surface area contributed by atoms with Crippen LogP contribution in [0.4, 0.5) is 5.69 Å². The molecular weight excluding hydrogens is 380 g/mol. The van der Waals surface area contributed by atoms with Crippen LogP contribution in [0, 0.1) is 11.8 Å². The average Bonchev–Trinajstić information content (AvgIpc) is 2.67. The number of carbonyl (C=O) groups excluding carboxylic acids is 2. The Kier molecular flexibility index (Phi) is 4.17. The van der Waals surface area contributed by atoms with Crippen molar-refractivity contribution in [2.75, 3.05) is 5.32 Å². The largest absolute Gasteiger partial charge is 0.400 e. The van der Waals surface area contributed by atoms with E-state index in [2.05, 4.69) is 5.32 Å². The van der Waals surface area contributed by atoms with E-state index < -0.39 is 32.6 Å². The summed E-state index contributed by atoms with van der Waals surface area (Å²) in [6, 6.07) is 15.1. The molecule has 2 unspecified atom stereocenters. The van der Waals surface area contributed by atoms with Crippen molar-refractivity contribution in [3.05, 3.63) is 88.1 Å². The zero-order chi connectivity index (χ0) is 20.1. The lowest BCUT2D eigenvalue weighted by molar-refractivity contribution is 0.0785. The third-order valence-corrected chi connectivity index (χ3v) is 5.85. The fourth-order valence-corrected chi connectivity index (χ4v) is 4.39. The molecule has 2 aromatic carbocycles. The maximum Gasteiger partial charge on any atom is 0.296 e. The SMILES string of the molecule is NC1=C(S(=O)(=O)O)C=C(Nc2ccccc2)C2C(=O)c3ccccc3C(=O)C12. The number of ketones is 2. The van der Waals surface area contributed by atoms with Crippen LogP contribution >= 0.6 is 0 Å². The minimum atomic E-state index is -4.69. The predicted octanol–water partition coefficient (Wildman–Crippen LogP) is 2.37. The van der Waals surface area contributed by atoms with Crippen LogP contribution in [-0.2, 0) is 10.1 Å². The van der Waals surface area contributed by atoms with Gasteiger partial charge in [-0.3, -0.25) is 14.1 Å². The summed E-state index contributed by atoms with van der Waals surface area (Å²) in [5.41, 5.74) is 6.88. The molecule has 2 aromatic rings. The average molecular weight is 396 g/mol. The van der Waals surface area contributed by atoms with Crippen LogP contribution in [-0.4, -0.2) is 24.5 Å². The first-order valence-electron chi connectivity index (χ1n) is 8.47. The fourth-order valence-electron chi connectivity index (χ4n) is 3.69. The second-order valence-electron chi connectivity index (χ2n) is 6.61. The number of Topliss-reactive ketones (excluding diaryl/α,β-unsaturated/α-hetero) is 2. The summed E-state index contributed by atoms with van der Waals surface area (Å²) in [5, 5.41) is 3.01. The van der Waals surface area contributed by atoms with Crippen molar-refractivity contribution in [2.24, 2.45) is 17.6 Å². The fraction of sp³-hybridized carbons (Fsp3) is 0.100. The molecule has 0 aromatic heterocycles. The van der Waals surface area contributed by atoms with Gasteiger partial charge in [0.1, 0.15) is 4.91 Å². The van der Waals surface area contributed by atoms with Crippen LogP contribution in [0.1, 0.15) is 20.7 Å². The summed E-state index contributed by atoms with van der Waals surface area (Å²) in [4.78, 5) is 25.7. The van der Waals surface area contributed by atoms with Crippen LogP contribution in [0.2, 0.25) is 0 Å². The second-order valence-corrected chi connectivity index (χ2v) is 8.00. The molecule has 4 N–H and O–H groups in total. The lowest BCUT2D eigenvalue weighted by Gasteiger charge is -2.36. The van der Waals surface area contributed by atoms with Crippen molar-refractivity contribution in [3.8, 4) is 0 Å². The summed E-state index contributed by atoms with van der Waals surface area (Å²) in [5.74, 6) is -3.02. The van der Waals surface area contributed by atoms with Gasteiger partial charge in [-0.15, -0.1) is 0 Å². The van der Waals surface area contributed by atoms with Crippen molar-refractivity contribution < 1.29 is 22.6 Å². The first-order chi connectivity index (χ1) is 13.3. The van der Waals surface area contributed by atoms with Gasteiger partial charge in [0.25, 0.3) is 10.1 Å². The number of carbonyl (C=O) groups is 2. The van der Waals surface area contributed by atoms with Gasteiger partial charge in [-0.1, -0.05) is 42.5 Å². The van der Waals surface area contributed by atoms with Crippen molar-refractivity contribution >= 4 is 27.4 Å². The third-order valence-electron chi connectivity index (χ3n) is 4.94. The van der Waals surface area contributed by atoms with Crippen molar-refractivity contribution in [1.82, 2.24) is 0 Å². The van der Waals surface area contributed by atoms with Gasteiger partial charge in [-0.05, 0) is 18.2 Å². The molecule has 0 bridgehead atoms. The lowest BCUT2D eigenvalue weighted by atomic mass is 9.69. The van der Waals surface area contributed by atoms with Crippen LogP contribution in [0.25, 0.3) is 0 Å². The van der Waals surface area contributed by atoms with Gasteiger partial charge in [0.15, 0.2) is 11.6 Å². The minimum absolute atomic E-state index is 0.186. The highest BCUT2D eigenvalue weighted by atomic mass is 32.2. The zero-order valence-electron chi connectivity index (χ0n) is 14.5. The van der Waals surface area contributed by atoms with E-state index in [1.165, 1.54) is 6.07 Å². The Bertz CT molecular complexity index is 1170. The van der Waals surface area contributed by atoms with Crippen LogP contribution in [0.15, 0.2) is 77.0 Å². The molecule has 0 heterocycles. The van der Waals surface area contributed by atoms with Crippen molar-refractivity contribution in [2.45, 2.75) is 0 Å². The number of anilines is 1. The molecule has 0 radical (unpaired) electrons. The maximum absolute atomic E-state index is 13.2. The highest BCUT2D eigenvalue weighted by Gasteiger charge is 2.48. The molecule has 142 valence electrons. The number of rotatable bonds is 3. The van der Waals surface area contributed by atoms with Gasteiger partial charge in [-0.2, -0.15) is 8.42 Å². The van der Waals surface area contributed by atoms with E-state index >= 15 is 0 Å². The van der Waals surface area contributed by atoms with Gasteiger partial charge in [0, 0.05) is 28.2 Å². The van der Waals surface area contributed by atoms with Gasteiger partial charge >= 0.3 is 0 Å². The summed E-state index contributed by atoms with van der Waals surface area (Å²) >= 11 is 0. The van der Waals surface area contributed by atoms with E-state index in [1.807, 2.05) is 0 Å². The van der Waals surface area contributed by atoms with Crippen LogP contribution in [0.5, 0.6) is 0 Å². The zero-order valence-corrected chi connectivity index (χ0v) is 15.3. The van der Waals surface area contributed by atoms with E-state index in [4.69, 9.17) is 5.73 Å². The topological polar surface area (TPSA) is 127 Å². The number of nitrogens with two attached hydrogens (primary N) is 1. The summed E-state index contributed by atoms with van der Waals surface area (Å²) in [6.07, 6.45) is 1.12. The van der Waals surface area contributed by atoms with Crippen molar-refractivity contribution in [3.63, 3.8) is 0 Å². The molecular formula is C20H16N2O5S. The Morgan fingerprint density at radius 2 is 1.39 bits per heavy atom. The van der Waals surface area contributed by atoms with E-state index in [9.17, 15) is 22.6 Å². The van der Waals surface area contributed by atoms with Crippen LogP contribution < -0.4 is 11.1 Å². The Labute approximate surface area is 161 Å². The van der Waals surface area contributed by atoms with Gasteiger partial charge in [0.2, 0.25) is 0 Å². The van der Waals surface area contributed by atoms with Crippen molar-refractivity contribution in [1.29, 1.82) is 0 Å². The Morgan fingerprint density at radius 3 is 1.96 bits per heavy atom. The minimum Gasteiger partial charge on any atom is -0.400 e. The molecule has 0 saturated heterocycles. The van der Waals surface area contributed by atoms with E-state index in [1.54, 1.807) is 48.5 Å². The molecule has 2 aliphatic rings. The van der Waals surface area contributed by atoms with E-state index in [0.717, 1.165) is 6.08 Å². The molecule has 2 aliphatic carbocycles. The van der Waals surface area contributed by atoms with E-state index in [0.29, 0.717) is 5.69 Å². The first kappa shape index (κ1) is 18.1. The second kappa shape index (κ2) is 6.43. The molecule has 8 heteroatoms. The number of hydrogen-bond acceptors (Lipinski definition) is 6. The number of hydrogen-bond donors (Lipinski definition) is 3. The summed E-state index contributed by atoms with van der Waals surface area (Å²) in [7, 11) is -4.69. The predicted molar refractivity (Wildman–Crippen MR) is 103 cm³/mol. The lowest BCUT2D eigenvalue weighted by Crippen LogP contribution is -2.44. The number of nitrogens with one attached hydrogen (secondary N) is 1. The van der Waals surface area contributed by atoms with Crippen LogP contribution in [0.3, 0.4) is 0 Å². The third kappa shape index (κ3) is 2.83. The number of fused-ring (bicyclic) bond motifs is 2. The molecule has 0 fully saturated rings. The monoisotopic (exact) mass is 396 g/mol. The van der Waals surface area contributed by atoms with Gasteiger partial charge < -0.3 is 11.1 Å². The van der Waals surface area contributed by atoms with E-state index in [-0.39, 0.29) is 28.3 Å². The molecule has 0 spiro atoms. The Balaban J connectivity index is 1.93. The number of para-hydroxylation sites is 1. The van der Waals surface area contributed by atoms with Gasteiger partial charge in [-0.25, -0.2) is 0 Å². The maximum atomic E-state index is 13.2. The highest BCUT2D eigenvalue weighted by Crippen LogP contribution is 2.42. The first-order valence-corrected chi connectivity index (χ1v) is 9.91. The highest BCUT2D eigenvalue weighted by molar-refractivity contribution is 7.90. The van der Waals surface area contributed by atoms with Gasteiger partial charge in [0.05, 0.1) is 11.8 Å². The molecule has 0 saturated carbocycles. The molecule has 0 aliphatic heterocycles. The summed E-state index contributed by atoms with van der Waals surface area (Å²) < 4.78 is 33.3. The smallest absolute Gasteiger partial charge is 0.296 e.